The minimum Gasteiger partial charge on any atom is -0.494 e. The zero-order valence-electron chi connectivity index (χ0n) is 18.8. The summed E-state index contributed by atoms with van der Waals surface area (Å²) < 4.78 is 16.3. The number of hydrogen-bond acceptors (Lipinski definition) is 5. The van der Waals surface area contributed by atoms with Crippen molar-refractivity contribution in [3.63, 3.8) is 0 Å². The number of para-hydroxylation sites is 1. The van der Waals surface area contributed by atoms with Crippen LogP contribution in [0.1, 0.15) is 34.6 Å². The van der Waals surface area contributed by atoms with Gasteiger partial charge in [0.25, 0.3) is 11.8 Å². The molecule has 2 N–H and O–H groups in total. The molecular formula is C26H28N2O5. The van der Waals surface area contributed by atoms with Crippen molar-refractivity contribution in [3.8, 4) is 11.5 Å². The highest BCUT2D eigenvalue weighted by Gasteiger charge is 2.15. The first kappa shape index (κ1) is 23.8. The van der Waals surface area contributed by atoms with Crippen molar-refractivity contribution in [1.29, 1.82) is 0 Å². The third-order valence-electron chi connectivity index (χ3n) is 4.64. The second kappa shape index (κ2) is 12.3. The molecule has 33 heavy (non-hydrogen) atoms. The Labute approximate surface area is 193 Å². The van der Waals surface area contributed by atoms with Crippen LogP contribution in [0.5, 0.6) is 11.5 Å². The Balaban J connectivity index is 1.67. The Morgan fingerprint density at radius 1 is 0.727 bits per heavy atom. The molecule has 0 aliphatic carbocycles. The van der Waals surface area contributed by atoms with Crippen LogP contribution < -0.4 is 20.1 Å². The van der Waals surface area contributed by atoms with Gasteiger partial charge in [0.2, 0.25) is 0 Å². The predicted molar refractivity (Wildman–Crippen MR) is 128 cm³/mol. The number of amides is 2. The van der Waals surface area contributed by atoms with E-state index in [2.05, 4.69) is 10.6 Å². The lowest BCUT2D eigenvalue weighted by Gasteiger charge is -2.13. The van der Waals surface area contributed by atoms with Crippen LogP contribution in [0.4, 0.5) is 11.4 Å². The summed E-state index contributed by atoms with van der Waals surface area (Å²) in [5.74, 6) is 0.630. The fraction of sp³-hybridized carbons (Fsp3) is 0.231. The van der Waals surface area contributed by atoms with E-state index in [9.17, 15) is 9.59 Å². The Bertz CT molecular complexity index is 1070. The van der Waals surface area contributed by atoms with E-state index >= 15 is 0 Å². The summed E-state index contributed by atoms with van der Waals surface area (Å²) in [5.41, 5.74) is 1.81. The summed E-state index contributed by atoms with van der Waals surface area (Å²) in [6.07, 6.45) is 0. The molecule has 0 spiro atoms. The van der Waals surface area contributed by atoms with E-state index < -0.39 is 0 Å². The topological polar surface area (TPSA) is 85.9 Å². The van der Waals surface area contributed by atoms with Crippen LogP contribution in [-0.2, 0) is 4.74 Å². The van der Waals surface area contributed by atoms with E-state index in [4.69, 9.17) is 14.2 Å². The van der Waals surface area contributed by atoms with Crippen molar-refractivity contribution in [2.45, 2.75) is 13.8 Å². The van der Waals surface area contributed by atoms with E-state index in [0.29, 0.717) is 54.7 Å². The molecule has 0 bridgehead atoms. The largest absolute Gasteiger partial charge is 0.494 e. The maximum Gasteiger partial charge on any atom is 0.257 e. The lowest BCUT2D eigenvalue weighted by atomic mass is 10.1. The average Bonchev–Trinajstić information content (AvgIpc) is 2.84. The van der Waals surface area contributed by atoms with Crippen molar-refractivity contribution in [2.24, 2.45) is 0 Å². The summed E-state index contributed by atoms with van der Waals surface area (Å²) >= 11 is 0. The van der Waals surface area contributed by atoms with Crippen LogP contribution in [0.25, 0.3) is 0 Å². The molecule has 0 fully saturated rings. The van der Waals surface area contributed by atoms with Crippen molar-refractivity contribution >= 4 is 23.2 Å². The van der Waals surface area contributed by atoms with Crippen LogP contribution >= 0.6 is 0 Å². The molecule has 3 aromatic rings. The SMILES string of the molecule is CCOCCOc1cccc(C(=O)Nc2ccccc2C(=O)Nc2ccc(OCC)cc2)c1. The average molecular weight is 449 g/mol. The molecule has 2 amide bonds. The molecule has 3 rings (SSSR count). The molecule has 0 heterocycles. The molecule has 172 valence electrons. The standard InChI is InChI=1S/C26H28N2O5/c1-3-31-16-17-33-22-9-7-8-19(18-22)25(29)28-24-11-6-5-10-23(24)26(30)27-20-12-14-21(15-13-20)32-4-2/h5-15,18H,3-4,16-17H2,1-2H3,(H,27,30)(H,28,29). The molecule has 7 heteroatoms. The van der Waals surface area contributed by atoms with Crippen molar-refractivity contribution < 1.29 is 23.8 Å². The molecule has 0 unspecified atom stereocenters. The van der Waals surface area contributed by atoms with Gasteiger partial charge in [-0.05, 0) is 68.4 Å². The van der Waals surface area contributed by atoms with Gasteiger partial charge in [-0.3, -0.25) is 9.59 Å². The third-order valence-corrected chi connectivity index (χ3v) is 4.64. The summed E-state index contributed by atoms with van der Waals surface area (Å²) in [6, 6.07) is 20.8. The Morgan fingerprint density at radius 3 is 2.27 bits per heavy atom. The molecule has 0 atom stereocenters. The van der Waals surface area contributed by atoms with E-state index in [0.717, 1.165) is 5.75 Å². The predicted octanol–water partition coefficient (Wildman–Crippen LogP) is 5.01. The molecule has 7 nitrogen and oxygen atoms in total. The molecule has 0 saturated carbocycles. The first-order valence-corrected chi connectivity index (χ1v) is 10.9. The minimum atomic E-state index is -0.341. The number of anilines is 2. The van der Waals surface area contributed by atoms with Crippen molar-refractivity contribution in [2.75, 3.05) is 37.1 Å². The normalized spacial score (nSPS) is 10.4. The zero-order valence-corrected chi connectivity index (χ0v) is 18.8. The van der Waals surface area contributed by atoms with E-state index in [1.807, 2.05) is 13.8 Å². The van der Waals surface area contributed by atoms with Gasteiger partial charge in [0.15, 0.2) is 0 Å². The highest BCUT2D eigenvalue weighted by Crippen LogP contribution is 2.21. The molecule has 0 aliphatic rings. The second-order valence-corrected chi connectivity index (χ2v) is 6.98. The Morgan fingerprint density at radius 2 is 1.52 bits per heavy atom. The van der Waals surface area contributed by atoms with Crippen molar-refractivity contribution in [1.82, 2.24) is 0 Å². The van der Waals surface area contributed by atoms with E-state index in [-0.39, 0.29) is 11.8 Å². The lowest BCUT2D eigenvalue weighted by molar-refractivity contribution is 0.102. The van der Waals surface area contributed by atoms with Crippen LogP contribution in [-0.4, -0.2) is 38.2 Å². The third kappa shape index (κ3) is 7.08. The first-order chi connectivity index (χ1) is 16.1. The van der Waals surface area contributed by atoms with Gasteiger partial charge in [-0.2, -0.15) is 0 Å². The summed E-state index contributed by atoms with van der Waals surface area (Å²) in [4.78, 5) is 25.7. The fourth-order valence-corrected chi connectivity index (χ4v) is 3.07. The van der Waals surface area contributed by atoms with Crippen LogP contribution in [0.15, 0.2) is 72.8 Å². The molecule has 3 aromatic carbocycles. The van der Waals surface area contributed by atoms with Gasteiger partial charge >= 0.3 is 0 Å². The molecule has 0 radical (unpaired) electrons. The maximum absolute atomic E-state index is 12.9. The van der Waals surface area contributed by atoms with E-state index in [1.54, 1.807) is 72.8 Å². The zero-order chi connectivity index (χ0) is 23.5. The molecular weight excluding hydrogens is 420 g/mol. The first-order valence-electron chi connectivity index (χ1n) is 10.9. The monoisotopic (exact) mass is 448 g/mol. The number of hydrogen-bond donors (Lipinski definition) is 2. The smallest absolute Gasteiger partial charge is 0.257 e. The van der Waals surface area contributed by atoms with E-state index in [1.165, 1.54) is 0 Å². The quantitative estimate of drug-likeness (QED) is 0.403. The van der Waals surface area contributed by atoms with Crippen LogP contribution in [0, 0.1) is 0 Å². The summed E-state index contributed by atoms with van der Waals surface area (Å²) in [7, 11) is 0. The van der Waals surface area contributed by atoms with Crippen LogP contribution in [0.3, 0.4) is 0 Å². The number of benzene rings is 3. The van der Waals surface area contributed by atoms with Gasteiger partial charge in [0.05, 0.1) is 24.5 Å². The number of nitrogens with one attached hydrogen (secondary N) is 2. The number of carbonyl (C=O) groups excluding carboxylic acids is 2. The summed E-state index contributed by atoms with van der Waals surface area (Å²) in [5, 5.41) is 5.67. The number of rotatable bonds is 11. The van der Waals surface area contributed by atoms with Crippen molar-refractivity contribution in [3.05, 3.63) is 83.9 Å². The highest BCUT2D eigenvalue weighted by atomic mass is 16.5. The molecule has 0 saturated heterocycles. The second-order valence-electron chi connectivity index (χ2n) is 6.98. The van der Waals surface area contributed by atoms with Gasteiger partial charge in [-0.15, -0.1) is 0 Å². The highest BCUT2D eigenvalue weighted by molar-refractivity contribution is 6.12. The number of carbonyl (C=O) groups is 2. The van der Waals surface area contributed by atoms with Gasteiger partial charge < -0.3 is 24.8 Å². The summed E-state index contributed by atoms with van der Waals surface area (Å²) in [6.45, 7) is 5.89. The lowest BCUT2D eigenvalue weighted by Crippen LogP contribution is -2.18. The van der Waals surface area contributed by atoms with Crippen LogP contribution in [0.2, 0.25) is 0 Å². The maximum atomic E-state index is 12.9. The minimum absolute atomic E-state index is 0.330. The van der Waals surface area contributed by atoms with Gasteiger partial charge in [-0.25, -0.2) is 0 Å². The fourth-order valence-electron chi connectivity index (χ4n) is 3.07. The Hall–Kier alpha value is -3.84. The van der Waals surface area contributed by atoms with Gasteiger partial charge in [-0.1, -0.05) is 18.2 Å². The van der Waals surface area contributed by atoms with Gasteiger partial charge in [0, 0.05) is 17.9 Å². The molecule has 0 aromatic heterocycles. The Kier molecular flexibility index (Phi) is 8.85. The number of ether oxygens (including phenoxy) is 3. The molecule has 0 aliphatic heterocycles. The van der Waals surface area contributed by atoms with Gasteiger partial charge in [0.1, 0.15) is 18.1 Å².